The van der Waals surface area contributed by atoms with Crippen LogP contribution in [0.1, 0.15) is 29.2 Å². The Morgan fingerprint density at radius 3 is 2.90 bits per heavy atom. The second-order valence-corrected chi connectivity index (χ2v) is 8.78. The number of amides is 1. The highest BCUT2D eigenvalue weighted by molar-refractivity contribution is 9.10. The number of halogens is 1. The third kappa shape index (κ3) is 3.03. The van der Waals surface area contributed by atoms with E-state index in [2.05, 4.69) is 27.3 Å². The van der Waals surface area contributed by atoms with Crippen LogP contribution in [-0.2, 0) is 4.79 Å². The lowest BCUT2D eigenvalue weighted by atomic mass is 9.86. The van der Waals surface area contributed by atoms with E-state index in [1.54, 1.807) is 11.8 Å². The molecule has 0 unspecified atom stereocenters. The number of carbonyl (C=O) groups is 1. The maximum Gasteiger partial charge on any atom is 0.226 e. The molecular formula is C21H17BrN4O2S. The predicted molar refractivity (Wildman–Crippen MR) is 117 cm³/mol. The molecule has 0 radical (unpaired) electrons. The van der Waals surface area contributed by atoms with Crippen LogP contribution in [0.5, 0.6) is 5.75 Å². The minimum Gasteiger partial charge on any atom is -0.497 e. The molecule has 29 heavy (non-hydrogen) atoms. The van der Waals surface area contributed by atoms with Gasteiger partial charge < -0.3 is 10.1 Å². The number of anilines is 1. The minimum absolute atomic E-state index is 0.0258. The van der Waals surface area contributed by atoms with Crippen molar-refractivity contribution in [2.75, 3.05) is 12.4 Å². The van der Waals surface area contributed by atoms with Crippen molar-refractivity contribution in [1.29, 1.82) is 0 Å². The largest absolute Gasteiger partial charge is 0.497 e. The van der Waals surface area contributed by atoms with Gasteiger partial charge in [-0.15, -0.1) is 0 Å². The summed E-state index contributed by atoms with van der Waals surface area (Å²) >= 11 is 5.15. The third-order valence-corrected chi connectivity index (χ3v) is 6.86. The summed E-state index contributed by atoms with van der Waals surface area (Å²) in [5, 5.41) is 8.48. The molecule has 5 rings (SSSR count). The molecule has 2 aromatic heterocycles. The predicted octanol–water partition coefficient (Wildman–Crippen LogP) is 5.04. The smallest absolute Gasteiger partial charge is 0.226 e. The van der Waals surface area contributed by atoms with Crippen LogP contribution in [0, 0.1) is 6.92 Å². The van der Waals surface area contributed by atoms with Gasteiger partial charge in [-0.25, -0.2) is 4.98 Å². The Hall–Kier alpha value is -2.71. The molecule has 1 aliphatic heterocycles. The van der Waals surface area contributed by atoms with Gasteiger partial charge in [-0.1, -0.05) is 45.5 Å². The van der Waals surface area contributed by atoms with Crippen molar-refractivity contribution in [3.8, 4) is 10.9 Å². The zero-order valence-electron chi connectivity index (χ0n) is 15.8. The second-order valence-electron chi connectivity index (χ2n) is 6.92. The fourth-order valence-electron chi connectivity index (χ4n) is 3.82. The Morgan fingerprint density at radius 1 is 1.28 bits per heavy atom. The number of carbonyl (C=O) groups excluding carboxylic acids is 1. The first-order valence-electron chi connectivity index (χ1n) is 9.14. The summed E-state index contributed by atoms with van der Waals surface area (Å²) < 4.78 is 9.06. The van der Waals surface area contributed by atoms with E-state index in [0.29, 0.717) is 17.4 Å². The van der Waals surface area contributed by atoms with Crippen molar-refractivity contribution in [2.45, 2.75) is 19.3 Å². The van der Waals surface area contributed by atoms with Gasteiger partial charge in [0.1, 0.15) is 11.6 Å². The molecule has 1 atom stereocenters. The van der Waals surface area contributed by atoms with E-state index in [0.717, 1.165) is 37.3 Å². The van der Waals surface area contributed by atoms with Gasteiger partial charge in [-0.2, -0.15) is 9.78 Å². The molecule has 0 saturated heterocycles. The van der Waals surface area contributed by atoms with Gasteiger partial charge in [0.25, 0.3) is 0 Å². The van der Waals surface area contributed by atoms with E-state index in [4.69, 9.17) is 14.8 Å². The molecule has 4 aromatic rings. The number of nitrogens with zero attached hydrogens (tertiary/aromatic N) is 3. The van der Waals surface area contributed by atoms with Crippen LogP contribution in [0.15, 0.2) is 46.9 Å². The van der Waals surface area contributed by atoms with Crippen LogP contribution in [0.25, 0.3) is 15.3 Å². The van der Waals surface area contributed by atoms with Gasteiger partial charge >= 0.3 is 0 Å². The second kappa shape index (κ2) is 6.96. The fourth-order valence-corrected chi connectivity index (χ4v) is 5.33. The number of hydrogen-bond acceptors (Lipinski definition) is 5. The van der Waals surface area contributed by atoms with Gasteiger partial charge in [-0.3, -0.25) is 4.79 Å². The molecule has 1 aliphatic rings. The van der Waals surface area contributed by atoms with Crippen molar-refractivity contribution >= 4 is 49.2 Å². The van der Waals surface area contributed by atoms with E-state index in [-0.39, 0.29) is 11.8 Å². The molecule has 146 valence electrons. The number of fused-ring (bicyclic) bond motifs is 2. The van der Waals surface area contributed by atoms with E-state index in [1.165, 1.54) is 11.3 Å². The summed E-state index contributed by atoms with van der Waals surface area (Å²) in [5.74, 6) is 1.40. The zero-order valence-corrected chi connectivity index (χ0v) is 18.2. The average molecular weight is 469 g/mol. The number of aryl methyl sites for hydroxylation is 1. The Bertz CT molecular complexity index is 1260. The normalized spacial score (nSPS) is 16.0. The molecular weight excluding hydrogens is 452 g/mol. The standard InChI is InChI=1S/C21H17BrN4O2S/c1-11-19-14(13-5-3-4-6-15(13)22)10-18(27)24-20(19)26(25-11)21-23-16-8-7-12(28-2)9-17(16)29-21/h3-9,14H,10H2,1-2H3,(H,24,27)/t14-/m0/s1. The summed E-state index contributed by atoms with van der Waals surface area (Å²) in [6.45, 7) is 1.98. The first kappa shape index (κ1) is 18.3. The fraction of sp³-hybridized carbons (Fsp3) is 0.190. The highest BCUT2D eigenvalue weighted by Gasteiger charge is 2.34. The first-order valence-corrected chi connectivity index (χ1v) is 10.7. The quantitative estimate of drug-likeness (QED) is 0.457. The van der Waals surface area contributed by atoms with Crippen molar-refractivity contribution in [1.82, 2.24) is 14.8 Å². The van der Waals surface area contributed by atoms with E-state index in [9.17, 15) is 4.79 Å². The van der Waals surface area contributed by atoms with Crippen LogP contribution in [0.3, 0.4) is 0 Å². The van der Waals surface area contributed by atoms with Crippen molar-refractivity contribution in [2.24, 2.45) is 0 Å². The summed E-state index contributed by atoms with van der Waals surface area (Å²) in [7, 11) is 1.65. The summed E-state index contributed by atoms with van der Waals surface area (Å²) in [5.41, 5.74) is 3.88. The zero-order chi connectivity index (χ0) is 20.1. The van der Waals surface area contributed by atoms with Gasteiger partial charge in [-0.05, 0) is 36.8 Å². The van der Waals surface area contributed by atoms with E-state index in [1.807, 2.05) is 43.3 Å². The molecule has 1 amide bonds. The van der Waals surface area contributed by atoms with Crippen molar-refractivity contribution in [3.63, 3.8) is 0 Å². The number of nitrogens with one attached hydrogen (secondary N) is 1. The molecule has 1 N–H and O–H groups in total. The highest BCUT2D eigenvalue weighted by atomic mass is 79.9. The lowest BCUT2D eigenvalue weighted by molar-refractivity contribution is -0.116. The summed E-state index contributed by atoms with van der Waals surface area (Å²) in [6, 6.07) is 13.8. The molecule has 0 saturated carbocycles. The molecule has 8 heteroatoms. The van der Waals surface area contributed by atoms with Crippen molar-refractivity contribution < 1.29 is 9.53 Å². The number of rotatable bonds is 3. The van der Waals surface area contributed by atoms with Crippen LogP contribution in [0.4, 0.5) is 5.82 Å². The van der Waals surface area contributed by atoms with Crippen molar-refractivity contribution in [3.05, 3.63) is 63.8 Å². The number of benzene rings is 2. The minimum atomic E-state index is -0.0578. The Morgan fingerprint density at radius 2 is 2.10 bits per heavy atom. The highest BCUT2D eigenvalue weighted by Crippen LogP contribution is 2.43. The number of methoxy groups -OCH3 is 1. The molecule has 6 nitrogen and oxygen atoms in total. The summed E-state index contributed by atoms with van der Waals surface area (Å²) in [4.78, 5) is 17.3. The lowest BCUT2D eigenvalue weighted by Gasteiger charge is -2.24. The number of thiazole rings is 1. The monoisotopic (exact) mass is 468 g/mol. The Kier molecular flexibility index (Phi) is 4.40. The third-order valence-electron chi connectivity index (χ3n) is 5.15. The van der Waals surface area contributed by atoms with Crippen LogP contribution < -0.4 is 10.1 Å². The van der Waals surface area contributed by atoms with Gasteiger partial charge in [0.05, 0.1) is 23.0 Å². The van der Waals surface area contributed by atoms with Crippen LogP contribution in [0.2, 0.25) is 0 Å². The van der Waals surface area contributed by atoms with Crippen LogP contribution >= 0.6 is 27.3 Å². The number of ether oxygens (including phenoxy) is 1. The average Bonchev–Trinajstić information content (AvgIpc) is 3.28. The number of aromatic nitrogens is 3. The molecule has 0 aliphatic carbocycles. The maximum absolute atomic E-state index is 12.6. The SMILES string of the molecule is COc1ccc2nc(-n3nc(C)c4c3NC(=O)C[C@H]4c3ccccc3Br)sc2c1. The molecule has 2 aromatic carbocycles. The van der Waals surface area contributed by atoms with Gasteiger partial charge in [0.2, 0.25) is 11.0 Å². The lowest BCUT2D eigenvalue weighted by Crippen LogP contribution is -2.25. The van der Waals surface area contributed by atoms with E-state index < -0.39 is 0 Å². The Balaban J connectivity index is 1.67. The molecule has 0 fully saturated rings. The van der Waals surface area contributed by atoms with Gasteiger partial charge in [0, 0.05) is 22.4 Å². The Labute approximate surface area is 179 Å². The van der Waals surface area contributed by atoms with Crippen LogP contribution in [-0.4, -0.2) is 27.8 Å². The van der Waals surface area contributed by atoms with Gasteiger partial charge in [0.15, 0.2) is 0 Å². The molecule has 0 bridgehead atoms. The molecule has 3 heterocycles. The first-order chi connectivity index (χ1) is 14.0. The maximum atomic E-state index is 12.6. The number of hydrogen-bond donors (Lipinski definition) is 1. The summed E-state index contributed by atoms with van der Waals surface area (Å²) in [6.07, 6.45) is 0.388. The molecule has 0 spiro atoms. The topological polar surface area (TPSA) is 69.0 Å². The van der Waals surface area contributed by atoms with E-state index >= 15 is 0 Å².